The number of aliphatic hydroxyl groups excluding tert-OH is 1. The highest BCUT2D eigenvalue weighted by Crippen LogP contribution is 2.35. The number of carbonyl (C=O) groups excluding carboxylic acids is 1. The van der Waals surface area contributed by atoms with Gasteiger partial charge in [0.15, 0.2) is 18.7 Å². The number of nitrogens with one attached hydrogen (secondary N) is 1. The number of ether oxygens (including phenoxy) is 15. The van der Waals surface area contributed by atoms with Crippen LogP contribution in [0.1, 0.15) is 43.0 Å². The van der Waals surface area contributed by atoms with E-state index in [0.717, 1.165) is 22.3 Å². The van der Waals surface area contributed by atoms with Crippen molar-refractivity contribution in [1.29, 1.82) is 0 Å². The molecule has 84 heavy (non-hydrogen) atoms. The van der Waals surface area contributed by atoms with Gasteiger partial charge in [0.05, 0.1) is 126 Å². The summed E-state index contributed by atoms with van der Waals surface area (Å²) in [7, 11) is 0. The SMILES string of the molecule is CCOCCOCCOCCOCCOOCC1OC(OC2C(COCc3ccccc3)OC(O)C(NC(C)=O)C2OCc2ccccc2)C(OCc2ccccc2)C(OOCCOCCOCCOCCOCC)C1OCc1ccccc1. The quantitative estimate of drug-likeness (QED) is 0.0306. The summed E-state index contributed by atoms with van der Waals surface area (Å²) in [4.78, 5) is 37.0. The molecule has 2 N–H and O–H groups in total. The number of benzene rings is 4. The van der Waals surface area contributed by atoms with E-state index in [0.29, 0.717) is 92.5 Å². The second kappa shape index (κ2) is 43.2. The second-order valence-corrected chi connectivity index (χ2v) is 19.3. The van der Waals surface area contributed by atoms with Gasteiger partial charge in [-0.3, -0.25) is 4.79 Å². The van der Waals surface area contributed by atoms with E-state index >= 15 is 0 Å². The second-order valence-electron chi connectivity index (χ2n) is 19.3. The summed E-state index contributed by atoms with van der Waals surface area (Å²) in [5.41, 5.74) is 3.45. The Morgan fingerprint density at radius 3 is 1.26 bits per heavy atom. The average Bonchev–Trinajstić information content (AvgIpc) is 3.02. The summed E-state index contributed by atoms with van der Waals surface area (Å²) in [6.07, 6.45) is -10.3. The van der Waals surface area contributed by atoms with Crippen LogP contribution in [0.2, 0.25) is 0 Å². The van der Waals surface area contributed by atoms with E-state index in [-0.39, 0.29) is 66.1 Å². The molecule has 0 spiro atoms. The number of hydrogen-bond donors (Lipinski definition) is 2. The first-order valence-electron chi connectivity index (χ1n) is 29.1. The van der Waals surface area contributed by atoms with Gasteiger partial charge in [-0.2, -0.15) is 0 Å². The highest BCUT2D eigenvalue weighted by Gasteiger charge is 2.54. The number of amides is 1. The van der Waals surface area contributed by atoms with Crippen molar-refractivity contribution in [1.82, 2.24) is 5.32 Å². The van der Waals surface area contributed by atoms with Gasteiger partial charge < -0.3 is 81.5 Å². The highest BCUT2D eigenvalue weighted by molar-refractivity contribution is 5.73. The minimum Gasteiger partial charge on any atom is -0.379 e. The van der Waals surface area contributed by atoms with E-state index in [1.807, 2.05) is 135 Å². The Hall–Kier alpha value is -4.45. The normalized spacial score (nSPS) is 22.5. The molecule has 4 aromatic rings. The summed E-state index contributed by atoms with van der Waals surface area (Å²) in [5, 5.41) is 14.6. The van der Waals surface area contributed by atoms with Crippen molar-refractivity contribution in [3.63, 3.8) is 0 Å². The van der Waals surface area contributed by atoms with E-state index in [4.69, 9.17) is 90.6 Å². The molecular formula is C62H89NO21. The first-order chi connectivity index (χ1) is 41.4. The lowest BCUT2D eigenvalue weighted by Gasteiger charge is -2.49. The molecule has 22 heteroatoms. The molecule has 0 aliphatic carbocycles. The van der Waals surface area contributed by atoms with Crippen LogP contribution in [-0.4, -0.2) is 205 Å². The predicted molar refractivity (Wildman–Crippen MR) is 304 cm³/mol. The van der Waals surface area contributed by atoms with Crippen LogP contribution in [0.3, 0.4) is 0 Å². The third-order valence-electron chi connectivity index (χ3n) is 12.9. The molecule has 2 fully saturated rings. The molecular weight excluding hydrogens is 1090 g/mol. The lowest BCUT2D eigenvalue weighted by molar-refractivity contribution is -0.424. The lowest BCUT2D eigenvalue weighted by atomic mass is 9.95. The minimum atomic E-state index is -1.54. The van der Waals surface area contributed by atoms with Gasteiger partial charge in [0.2, 0.25) is 5.91 Å². The van der Waals surface area contributed by atoms with Crippen LogP contribution in [0.4, 0.5) is 0 Å². The molecule has 10 unspecified atom stereocenters. The van der Waals surface area contributed by atoms with Crippen molar-refractivity contribution >= 4 is 5.91 Å². The van der Waals surface area contributed by atoms with Crippen molar-refractivity contribution in [2.24, 2.45) is 0 Å². The summed E-state index contributed by atoms with van der Waals surface area (Å²) in [6.45, 7) is 12.3. The molecule has 6 rings (SSSR count). The zero-order valence-corrected chi connectivity index (χ0v) is 48.9. The standard InChI is InChI=1S/C62H89NO21/c1-4-66-26-28-68-30-32-70-34-36-72-38-40-78-80-47-54-56(75-43-50-20-12-7-13-21-50)59(84-79-41-39-73-37-35-71-33-31-69-29-27-67-5-2)60(77-45-52-24-16-9-17-25-52)62(82-54)83-57-53(46-74-42-49-18-10-6-11-19-49)81-61(65)55(63-48(3)64)58(57)76-44-51-22-14-8-15-23-51/h6-25,53-62,65H,4-5,26-47H2,1-3H3,(H,63,64). The summed E-state index contributed by atoms with van der Waals surface area (Å²) < 4.78 is 91.8. The smallest absolute Gasteiger partial charge is 0.217 e. The zero-order valence-electron chi connectivity index (χ0n) is 48.9. The van der Waals surface area contributed by atoms with Crippen LogP contribution >= 0.6 is 0 Å². The minimum absolute atomic E-state index is 0.000773. The number of aliphatic hydroxyl groups is 1. The Bertz CT molecular complexity index is 2210. The molecule has 468 valence electrons. The Labute approximate surface area is 494 Å². The van der Waals surface area contributed by atoms with Crippen LogP contribution in [0, 0.1) is 0 Å². The molecule has 10 atom stereocenters. The maximum absolute atomic E-state index is 12.9. The van der Waals surface area contributed by atoms with Gasteiger partial charge in [-0.05, 0) is 36.1 Å². The van der Waals surface area contributed by atoms with E-state index in [1.165, 1.54) is 6.92 Å². The van der Waals surface area contributed by atoms with E-state index in [1.54, 1.807) is 0 Å². The number of hydrogen-bond acceptors (Lipinski definition) is 21. The van der Waals surface area contributed by atoms with Gasteiger partial charge in [0.25, 0.3) is 0 Å². The van der Waals surface area contributed by atoms with E-state index < -0.39 is 67.3 Å². The molecule has 0 bridgehead atoms. The molecule has 2 aliphatic rings. The van der Waals surface area contributed by atoms with Crippen molar-refractivity contribution in [2.75, 3.05) is 132 Å². The first kappa shape index (κ1) is 68.7. The molecule has 2 heterocycles. The maximum Gasteiger partial charge on any atom is 0.217 e. The predicted octanol–water partition coefficient (Wildman–Crippen LogP) is 5.73. The van der Waals surface area contributed by atoms with E-state index in [2.05, 4.69) is 5.32 Å². The van der Waals surface area contributed by atoms with Gasteiger partial charge in [0, 0.05) is 20.1 Å². The zero-order chi connectivity index (χ0) is 58.9. The van der Waals surface area contributed by atoms with Gasteiger partial charge >= 0.3 is 0 Å². The van der Waals surface area contributed by atoms with Crippen LogP contribution < -0.4 is 5.32 Å². The third-order valence-corrected chi connectivity index (χ3v) is 12.9. The van der Waals surface area contributed by atoms with Gasteiger partial charge in [-0.25, -0.2) is 19.6 Å². The van der Waals surface area contributed by atoms with Crippen molar-refractivity contribution in [3.05, 3.63) is 144 Å². The molecule has 2 aliphatic heterocycles. The fraction of sp³-hybridized carbons (Fsp3) is 0.597. The van der Waals surface area contributed by atoms with Crippen LogP contribution in [0.15, 0.2) is 121 Å². The maximum atomic E-state index is 12.9. The fourth-order valence-electron chi connectivity index (χ4n) is 8.83. The van der Waals surface area contributed by atoms with Gasteiger partial charge in [-0.15, -0.1) is 0 Å². The summed E-state index contributed by atoms with van der Waals surface area (Å²) >= 11 is 0. The van der Waals surface area contributed by atoms with Crippen LogP contribution in [0.25, 0.3) is 0 Å². The Kier molecular flexibility index (Phi) is 35.3. The number of rotatable bonds is 47. The Morgan fingerprint density at radius 2 is 0.810 bits per heavy atom. The van der Waals surface area contributed by atoms with Crippen molar-refractivity contribution in [3.8, 4) is 0 Å². The Balaban J connectivity index is 1.25. The van der Waals surface area contributed by atoms with Gasteiger partial charge in [0.1, 0.15) is 62.5 Å². The van der Waals surface area contributed by atoms with Crippen molar-refractivity contribution < 1.29 is 101 Å². The van der Waals surface area contributed by atoms with Crippen molar-refractivity contribution in [2.45, 2.75) is 109 Å². The summed E-state index contributed by atoms with van der Waals surface area (Å²) in [5.74, 6) is -0.434. The molecule has 2 saturated heterocycles. The molecule has 4 aromatic carbocycles. The molecule has 0 saturated carbocycles. The molecule has 0 aromatic heterocycles. The monoisotopic (exact) mass is 1180 g/mol. The van der Waals surface area contributed by atoms with Gasteiger partial charge in [-0.1, -0.05) is 121 Å². The van der Waals surface area contributed by atoms with Crippen LogP contribution in [-0.2, 0) is 122 Å². The lowest BCUT2D eigenvalue weighted by Crippen LogP contribution is -2.68. The fourth-order valence-corrected chi connectivity index (χ4v) is 8.83. The molecule has 1 amide bonds. The average molecular weight is 1180 g/mol. The number of carbonyl (C=O) groups is 1. The van der Waals surface area contributed by atoms with Crippen LogP contribution in [0.5, 0.6) is 0 Å². The highest BCUT2D eigenvalue weighted by atomic mass is 17.2. The Morgan fingerprint density at radius 1 is 0.417 bits per heavy atom. The summed E-state index contributed by atoms with van der Waals surface area (Å²) in [6, 6.07) is 37.3. The first-order valence-corrected chi connectivity index (χ1v) is 29.1. The van der Waals surface area contributed by atoms with E-state index in [9.17, 15) is 9.90 Å². The molecule has 0 radical (unpaired) electrons. The largest absolute Gasteiger partial charge is 0.379 e. The third kappa shape index (κ3) is 27.1. The molecule has 22 nitrogen and oxygen atoms in total. The topological polar surface area (TPSA) is 225 Å².